The Bertz CT molecular complexity index is 1770. The molecule has 0 saturated carbocycles. The van der Waals surface area contributed by atoms with Gasteiger partial charge in [0.2, 0.25) is 15.7 Å². The Kier molecular flexibility index (Phi) is 11.9. The molecule has 1 N–H and O–H groups in total. The number of hydrogen-bond acceptors (Lipinski definition) is 8. The van der Waals surface area contributed by atoms with Gasteiger partial charge in [-0.25, -0.2) is 17.1 Å². The van der Waals surface area contributed by atoms with Crippen LogP contribution in [0.4, 0.5) is 23.2 Å². The highest BCUT2D eigenvalue weighted by atomic mass is 32.2. The highest BCUT2D eigenvalue weighted by molar-refractivity contribution is 7.89. The Morgan fingerprint density at radius 1 is 0.944 bits per heavy atom. The van der Waals surface area contributed by atoms with Crippen molar-refractivity contribution in [1.82, 2.24) is 14.1 Å². The normalized spacial score (nSPS) is 26.8. The lowest BCUT2D eigenvalue weighted by Gasteiger charge is -2.36. The van der Waals surface area contributed by atoms with E-state index in [1.54, 1.807) is 36.1 Å². The van der Waals surface area contributed by atoms with Crippen molar-refractivity contribution in [2.75, 3.05) is 83.8 Å². The molecule has 4 fully saturated rings. The van der Waals surface area contributed by atoms with E-state index >= 15 is 4.39 Å². The predicted molar refractivity (Wildman–Crippen MR) is 194 cm³/mol. The molecule has 4 aliphatic rings. The molecular weight excluding hydrogens is 732 g/mol. The van der Waals surface area contributed by atoms with Gasteiger partial charge in [0.25, 0.3) is 5.91 Å². The number of benzene rings is 2. The van der Waals surface area contributed by atoms with Crippen molar-refractivity contribution in [3.05, 3.63) is 59.2 Å². The maximum atomic E-state index is 17.9. The zero-order valence-corrected chi connectivity index (χ0v) is 31.7. The highest BCUT2D eigenvalue weighted by Crippen LogP contribution is 2.47. The summed E-state index contributed by atoms with van der Waals surface area (Å²) in [5, 5.41) is 9.53. The molecule has 2 aromatic rings. The molecule has 0 aliphatic carbocycles. The molecule has 298 valence electrons. The molecule has 2 aromatic carbocycles. The fourth-order valence-corrected chi connectivity index (χ4v) is 10.1. The second kappa shape index (κ2) is 15.9. The van der Waals surface area contributed by atoms with Crippen LogP contribution in [0.1, 0.15) is 61.1 Å². The highest BCUT2D eigenvalue weighted by Gasteiger charge is 2.57. The van der Waals surface area contributed by atoms with E-state index in [0.29, 0.717) is 48.5 Å². The molecule has 54 heavy (non-hydrogen) atoms. The van der Waals surface area contributed by atoms with Crippen LogP contribution in [0.3, 0.4) is 0 Å². The smallest absolute Gasteiger partial charge is 0.416 e. The van der Waals surface area contributed by atoms with Crippen LogP contribution in [0.25, 0.3) is 0 Å². The minimum atomic E-state index is -4.61. The number of piperidine rings is 2. The van der Waals surface area contributed by atoms with Gasteiger partial charge >= 0.3 is 12.1 Å². The minimum absolute atomic E-state index is 0.00109. The Balaban J connectivity index is 1.29. The van der Waals surface area contributed by atoms with E-state index in [0.717, 1.165) is 12.1 Å². The Labute approximate surface area is 314 Å². The third-order valence-electron chi connectivity index (χ3n) is 12.0. The fraction of sp³-hybridized carbons (Fsp3) is 0.632. The van der Waals surface area contributed by atoms with Gasteiger partial charge in [0.1, 0.15) is 5.75 Å². The van der Waals surface area contributed by atoms with Gasteiger partial charge in [-0.1, -0.05) is 18.2 Å². The van der Waals surface area contributed by atoms with E-state index in [-0.39, 0.29) is 76.4 Å². The first-order valence-corrected chi connectivity index (χ1v) is 20.2. The second-order valence-electron chi connectivity index (χ2n) is 15.1. The van der Waals surface area contributed by atoms with Gasteiger partial charge in [-0.15, -0.1) is 0 Å². The summed E-state index contributed by atoms with van der Waals surface area (Å²) < 4.78 is 97.4. The van der Waals surface area contributed by atoms with Gasteiger partial charge in [0.15, 0.2) is 0 Å². The quantitative estimate of drug-likeness (QED) is 0.320. The zero-order valence-electron chi connectivity index (χ0n) is 30.9. The number of rotatable bonds is 11. The predicted octanol–water partition coefficient (Wildman–Crippen LogP) is 4.83. The largest absolute Gasteiger partial charge is 0.497 e. The average molecular weight is 783 g/mol. The van der Waals surface area contributed by atoms with Crippen molar-refractivity contribution in [2.45, 2.75) is 62.3 Å². The Morgan fingerprint density at radius 2 is 1.61 bits per heavy atom. The number of halogens is 4. The lowest BCUT2D eigenvalue weighted by molar-refractivity contribution is -0.143. The maximum Gasteiger partial charge on any atom is 0.416 e. The molecule has 0 bridgehead atoms. The number of amides is 1. The van der Waals surface area contributed by atoms with Crippen LogP contribution < -0.4 is 9.64 Å². The molecule has 0 spiro atoms. The van der Waals surface area contributed by atoms with Crippen molar-refractivity contribution in [1.29, 1.82) is 0 Å². The van der Waals surface area contributed by atoms with Crippen molar-refractivity contribution >= 4 is 27.6 Å². The van der Waals surface area contributed by atoms with Crippen molar-refractivity contribution in [3.63, 3.8) is 0 Å². The second-order valence-corrected chi connectivity index (χ2v) is 17.3. The number of nitrogens with zero attached hydrogens (tertiary/aromatic N) is 4. The molecule has 1 amide bonds. The SMILES string of the molecule is CCS(=O)(=O)N1CCC(N2C[C@@H](c3ccc(OC)cc3)[C@](F)(C(=O)N3C[C@H](COC)[C@@H](c4ccc(C(F)(F)F)cc4N4CCC(C(=O)O)CC4)C3)C2)CC1. The number of carbonyl (C=O) groups is 2. The number of carboxylic acids is 1. The fourth-order valence-electron chi connectivity index (χ4n) is 8.93. The van der Waals surface area contributed by atoms with Crippen LogP contribution in [0.5, 0.6) is 5.75 Å². The molecule has 16 heteroatoms. The van der Waals surface area contributed by atoms with Crippen LogP contribution >= 0.6 is 0 Å². The summed E-state index contributed by atoms with van der Waals surface area (Å²) >= 11 is 0. The standard InChI is InChI=1S/C38H50F4N4O7S/c1-4-54(50,51)46-17-13-29(14-18-46)45-22-33(25-5-8-30(53-3)9-6-25)37(39,24-45)36(49)44-20-27(23-52-2)32(21-44)31-10-7-28(38(40,41)42)19-34(31)43-15-11-26(12-16-43)35(47)48/h5-10,19,26-27,29,32-33H,4,11-18,20-24H2,1-3H3,(H,47,48)/t27-,32+,33+,37+/m1/s1. The van der Waals surface area contributed by atoms with Gasteiger partial charge in [-0.2, -0.15) is 13.2 Å². The molecule has 11 nitrogen and oxygen atoms in total. The summed E-state index contributed by atoms with van der Waals surface area (Å²) in [6.45, 7) is 3.18. The van der Waals surface area contributed by atoms with Crippen molar-refractivity contribution in [3.8, 4) is 5.75 Å². The molecule has 0 unspecified atom stereocenters. The first-order valence-electron chi connectivity index (χ1n) is 18.6. The van der Waals surface area contributed by atoms with Crippen LogP contribution in [0.2, 0.25) is 0 Å². The summed E-state index contributed by atoms with van der Waals surface area (Å²) in [6, 6.07) is 10.4. The molecule has 0 radical (unpaired) electrons. The third-order valence-corrected chi connectivity index (χ3v) is 13.9. The number of methoxy groups -OCH3 is 2. The number of alkyl halides is 4. The zero-order chi connectivity index (χ0) is 39.0. The first kappa shape index (κ1) is 40.2. The van der Waals surface area contributed by atoms with E-state index in [2.05, 4.69) is 0 Å². The molecule has 4 atom stereocenters. The minimum Gasteiger partial charge on any atom is -0.497 e. The van der Waals surface area contributed by atoms with Crippen molar-refractivity contribution < 1.29 is 50.1 Å². The Hall–Kier alpha value is -3.47. The van der Waals surface area contributed by atoms with Gasteiger partial charge in [-0.05, 0) is 68.0 Å². The van der Waals surface area contributed by atoms with E-state index < -0.39 is 57.1 Å². The van der Waals surface area contributed by atoms with Crippen LogP contribution in [0.15, 0.2) is 42.5 Å². The summed E-state index contributed by atoms with van der Waals surface area (Å²) in [5.41, 5.74) is -1.64. The first-order chi connectivity index (χ1) is 25.6. The lowest BCUT2D eigenvalue weighted by Crippen LogP contribution is -2.51. The van der Waals surface area contributed by atoms with E-state index in [1.165, 1.54) is 29.5 Å². The molecule has 4 aliphatic heterocycles. The number of carboxylic acid groups (broad SMARTS) is 1. The van der Waals surface area contributed by atoms with Crippen LogP contribution in [-0.4, -0.2) is 130 Å². The number of carbonyl (C=O) groups excluding carboxylic acids is 1. The van der Waals surface area contributed by atoms with E-state index in [4.69, 9.17) is 9.47 Å². The van der Waals surface area contributed by atoms with Crippen LogP contribution in [0, 0.1) is 11.8 Å². The molecule has 4 saturated heterocycles. The number of hydrogen-bond donors (Lipinski definition) is 1. The topological polar surface area (TPSA) is 120 Å². The molecular formula is C38H50F4N4O7S. The van der Waals surface area contributed by atoms with Gasteiger partial charge < -0.3 is 24.4 Å². The molecule has 6 rings (SSSR count). The van der Waals surface area contributed by atoms with Gasteiger partial charge in [0.05, 0.1) is 31.0 Å². The number of ether oxygens (including phenoxy) is 2. The van der Waals surface area contributed by atoms with Crippen molar-refractivity contribution in [2.24, 2.45) is 11.8 Å². The van der Waals surface area contributed by atoms with Crippen LogP contribution in [-0.2, 0) is 30.5 Å². The number of sulfonamides is 1. The summed E-state index contributed by atoms with van der Waals surface area (Å²) in [7, 11) is -0.328. The maximum absolute atomic E-state index is 17.9. The molecule has 4 heterocycles. The molecule has 0 aromatic heterocycles. The summed E-state index contributed by atoms with van der Waals surface area (Å²) in [5.74, 6) is -3.30. The summed E-state index contributed by atoms with van der Waals surface area (Å²) in [4.78, 5) is 31.6. The summed E-state index contributed by atoms with van der Waals surface area (Å²) in [6.07, 6.45) is -3.05. The van der Waals surface area contributed by atoms with Gasteiger partial charge in [-0.3, -0.25) is 14.5 Å². The third kappa shape index (κ3) is 8.07. The van der Waals surface area contributed by atoms with E-state index in [9.17, 15) is 36.3 Å². The Morgan fingerprint density at radius 3 is 2.19 bits per heavy atom. The lowest BCUT2D eigenvalue weighted by atomic mass is 9.85. The number of anilines is 1. The van der Waals surface area contributed by atoms with E-state index in [1.807, 2.05) is 4.90 Å². The average Bonchev–Trinajstić information content (AvgIpc) is 3.76. The number of likely N-dealkylation sites (tertiary alicyclic amines) is 2. The number of aliphatic carboxylic acids is 1. The van der Waals surface area contributed by atoms with Gasteiger partial charge in [0, 0.05) is 89.0 Å². The monoisotopic (exact) mass is 782 g/mol.